The molecule has 0 unspecified atom stereocenters. The molecular weight excluding hydrogens is 256 g/mol. The van der Waals surface area contributed by atoms with Crippen LogP contribution in [0.1, 0.15) is 31.9 Å². The lowest BCUT2D eigenvalue weighted by atomic mass is 10.0. The molecule has 0 aliphatic carbocycles. The zero-order chi connectivity index (χ0) is 15.1. The van der Waals surface area contributed by atoms with E-state index in [1.165, 1.54) is 22.5 Å². The molecule has 0 saturated heterocycles. The van der Waals surface area contributed by atoms with E-state index in [4.69, 9.17) is 0 Å². The molecule has 0 radical (unpaired) electrons. The average molecular weight is 282 g/mol. The van der Waals surface area contributed by atoms with E-state index in [0.29, 0.717) is 0 Å². The van der Waals surface area contributed by atoms with Gasteiger partial charge in [0.2, 0.25) is 0 Å². The fraction of sp³-hybridized carbons (Fsp3) is 0.368. The van der Waals surface area contributed by atoms with Crippen LogP contribution in [0, 0.1) is 0 Å². The molecule has 2 rings (SSSR count). The molecule has 1 N–H and O–H groups in total. The van der Waals surface area contributed by atoms with Gasteiger partial charge in [-0.15, -0.1) is 0 Å². The molecular formula is C19H26N2. The highest BCUT2D eigenvalue weighted by Crippen LogP contribution is 2.18. The van der Waals surface area contributed by atoms with Gasteiger partial charge in [0.15, 0.2) is 0 Å². The van der Waals surface area contributed by atoms with Gasteiger partial charge in [-0.1, -0.05) is 24.3 Å². The van der Waals surface area contributed by atoms with Crippen LogP contribution in [0.5, 0.6) is 0 Å². The highest BCUT2D eigenvalue weighted by molar-refractivity contribution is 5.49. The number of benzene rings is 2. The fourth-order valence-corrected chi connectivity index (χ4v) is 2.59. The average Bonchev–Trinajstić information content (AvgIpc) is 2.52. The highest BCUT2D eigenvalue weighted by Gasteiger charge is 2.02. The maximum atomic E-state index is 3.33. The van der Waals surface area contributed by atoms with Crippen molar-refractivity contribution in [2.45, 2.75) is 27.2 Å². The lowest BCUT2D eigenvalue weighted by Gasteiger charge is -2.21. The van der Waals surface area contributed by atoms with E-state index in [0.717, 1.165) is 26.1 Å². The summed E-state index contributed by atoms with van der Waals surface area (Å²) < 4.78 is 0. The Labute approximate surface area is 128 Å². The Morgan fingerprint density at radius 1 is 0.762 bits per heavy atom. The smallest absolute Gasteiger partial charge is 0.0366 e. The van der Waals surface area contributed by atoms with Gasteiger partial charge in [-0.3, -0.25) is 0 Å². The Morgan fingerprint density at radius 3 is 1.76 bits per heavy atom. The number of rotatable bonds is 7. The van der Waals surface area contributed by atoms with E-state index < -0.39 is 0 Å². The van der Waals surface area contributed by atoms with Crippen molar-refractivity contribution in [2.75, 3.05) is 29.9 Å². The predicted molar refractivity (Wildman–Crippen MR) is 93.4 cm³/mol. The zero-order valence-corrected chi connectivity index (χ0v) is 13.4. The van der Waals surface area contributed by atoms with E-state index in [2.05, 4.69) is 79.5 Å². The normalized spacial score (nSPS) is 10.4. The van der Waals surface area contributed by atoms with Crippen molar-refractivity contribution >= 4 is 11.4 Å². The maximum Gasteiger partial charge on any atom is 0.0366 e. The van der Waals surface area contributed by atoms with Crippen molar-refractivity contribution in [3.05, 3.63) is 59.7 Å². The first-order chi connectivity index (χ1) is 10.3. The predicted octanol–water partition coefficient (Wildman–Crippen LogP) is 4.56. The minimum Gasteiger partial charge on any atom is -0.385 e. The summed E-state index contributed by atoms with van der Waals surface area (Å²) in [6, 6.07) is 17.7. The quantitative estimate of drug-likeness (QED) is 0.801. The Hall–Kier alpha value is -1.96. The molecule has 0 bridgehead atoms. The Bertz CT molecular complexity index is 524. The minimum atomic E-state index is 0.964. The van der Waals surface area contributed by atoms with Crippen LogP contribution in [-0.4, -0.2) is 19.6 Å². The maximum absolute atomic E-state index is 3.33. The second kappa shape index (κ2) is 7.72. The van der Waals surface area contributed by atoms with Crippen molar-refractivity contribution in [1.29, 1.82) is 0 Å². The van der Waals surface area contributed by atoms with Crippen LogP contribution < -0.4 is 10.2 Å². The molecule has 112 valence electrons. The van der Waals surface area contributed by atoms with E-state index in [9.17, 15) is 0 Å². The van der Waals surface area contributed by atoms with Crippen LogP contribution in [0.4, 0.5) is 11.4 Å². The summed E-state index contributed by atoms with van der Waals surface area (Å²) in [6.07, 6.45) is 0.991. The lowest BCUT2D eigenvalue weighted by molar-refractivity contribution is 0.866. The standard InChI is InChI=1S/C19H26N2/c1-4-20-18-11-7-16(8-12-18)15-17-9-13-19(14-10-17)21(5-2)6-3/h7-14,20H,4-6,15H2,1-3H3. The van der Waals surface area contributed by atoms with E-state index >= 15 is 0 Å². The summed E-state index contributed by atoms with van der Waals surface area (Å²) in [6.45, 7) is 9.59. The molecule has 2 aromatic rings. The summed E-state index contributed by atoms with van der Waals surface area (Å²) in [7, 11) is 0. The van der Waals surface area contributed by atoms with Crippen LogP contribution >= 0.6 is 0 Å². The lowest BCUT2D eigenvalue weighted by Crippen LogP contribution is -2.21. The van der Waals surface area contributed by atoms with Crippen LogP contribution in [0.15, 0.2) is 48.5 Å². The molecule has 2 heteroatoms. The SMILES string of the molecule is CCNc1ccc(Cc2ccc(N(CC)CC)cc2)cc1. The molecule has 0 fully saturated rings. The van der Waals surface area contributed by atoms with Crippen molar-refractivity contribution in [3.63, 3.8) is 0 Å². The molecule has 0 aliphatic rings. The van der Waals surface area contributed by atoms with Crippen LogP contribution in [0.2, 0.25) is 0 Å². The molecule has 0 aliphatic heterocycles. The van der Waals surface area contributed by atoms with Crippen molar-refractivity contribution < 1.29 is 0 Å². The molecule has 2 nitrogen and oxygen atoms in total. The second-order valence-electron chi connectivity index (χ2n) is 5.24. The van der Waals surface area contributed by atoms with Crippen molar-refractivity contribution in [1.82, 2.24) is 0 Å². The molecule has 2 aromatic carbocycles. The molecule has 0 atom stereocenters. The van der Waals surface area contributed by atoms with Crippen LogP contribution in [0.25, 0.3) is 0 Å². The van der Waals surface area contributed by atoms with E-state index in [1.54, 1.807) is 0 Å². The Kier molecular flexibility index (Phi) is 5.68. The number of hydrogen-bond acceptors (Lipinski definition) is 2. The molecule has 0 aromatic heterocycles. The summed E-state index contributed by atoms with van der Waals surface area (Å²) in [5, 5.41) is 3.33. The molecule has 21 heavy (non-hydrogen) atoms. The van der Waals surface area contributed by atoms with Gasteiger partial charge >= 0.3 is 0 Å². The highest BCUT2D eigenvalue weighted by atomic mass is 15.1. The van der Waals surface area contributed by atoms with Gasteiger partial charge in [-0.05, 0) is 62.6 Å². The zero-order valence-electron chi connectivity index (χ0n) is 13.4. The number of nitrogens with one attached hydrogen (secondary N) is 1. The molecule has 0 spiro atoms. The Balaban J connectivity index is 2.02. The van der Waals surface area contributed by atoms with Gasteiger partial charge in [-0.25, -0.2) is 0 Å². The fourth-order valence-electron chi connectivity index (χ4n) is 2.59. The van der Waals surface area contributed by atoms with E-state index in [-0.39, 0.29) is 0 Å². The summed E-state index contributed by atoms with van der Waals surface area (Å²) in [5.74, 6) is 0. The largest absolute Gasteiger partial charge is 0.385 e. The third-order valence-corrected chi connectivity index (χ3v) is 3.81. The second-order valence-corrected chi connectivity index (χ2v) is 5.24. The van der Waals surface area contributed by atoms with Gasteiger partial charge in [0, 0.05) is 31.0 Å². The summed E-state index contributed by atoms with van der Waals surface area (Å²) in [4.78, 5) is 2.37. The van der Waals surface area contributed by atoms with Gasteiger partial charge in [0.05, 0.1) is 0 Å². The van der Waals surface area contributed by atoms with Crippen molar-refractivity contribution in [3.8, 4) is 0 Å². The molecule has 0 heterocycles. The first-order valence-electron chi connectivity index (χ1n) is 7.93. The molecule has 0 saturated carbocycles. The number of hydrogen-bond donors (Lipinski definition) is 1. The third kappa shape index (κ3) is 4.25. The number of nitrogens with zero attached hydrogens (tertiary/aromatic N) is 1. The van der Waals surface area contributed by atoms with Gasteiger partial charge in [-0.2, -0.15) is 0 Å². The van der Waals surface area contributed by atoms with Crippen LogP contribution in [0.3, 0.4) is 0 Å². The van der Waals surface area contributed by atoms with Gasteiger partial charge in [0.25, 0.3) is 0 Å². The molecule has 0 amide bonds. The van der Waals surface area contributed by atoms with Crippen molar-refractivity contribution in [2.24, 2.45) is 0 Å². The Morgan fingerprint density at radius 2 is 1.29 bits per heavy atom. The summed E-state index contributed by atoms with van der Waals surface area (Å²) >= 11 is 0. The first kappa shape index (κ1) is 15.4. The van der Waals surface area contributed by atoms with Crippen LogP contribution in [-0.2, 0) is 6.42 Å². The van der Waals surface area contributed by atoms with E-state index in [1.807, 2.05) is 0 Å². The van der Waals surface area contributed by atoms with Gasteiger partial charge < -0.3 is 10.2 Å². The topological polar surface area (TPSA) is 15.3 Å². The summed E-state index contributed by atoms with van der Waals surface area (Å²) in [5.41, 5.74) is 5.22. The first-order valence-corrected chi connectivity index (χ1v) is 7.93. The third-order valence-electron chi connectivity index (χ3n) is 3.81. The monoisotopic (exact) mass is 282 g/mol. The van der Waals surface area contributed by atoms with Gasteiger partial charge in [0.1, 0.15) is 0 Å². The number of anilines is 2. The minimum absolute atomic E-state index is 0.964.